The van der Waals surface area contributed by atoms with Crippen LogP contribution >= 0.6 is 0 Å². The number of rotatable bonds is 3. The second-order valence-electron chi connectivity index (χ2n) is 7.86. The molecular weight excluding hydrogens is 376 g/mol. The summed E-state index contributed by atoms with van der Waals surface area (Å²) in [6.45, 7) is 0. The van der Waals surface area contributed by atoms with Crippen molar-refractivity contribution in [2.24, 2.45) is 0 Å². The molecule has 1 aliphatic rings. The summed E-state index contributed by atoms with van der Waals surface area (Å²) in [5.41, 5.74) is 8.35. The minimum atomic E-state index is -0.357. The van der Waals surface area contributed by atoms with E-state index in [4.69, 9.17) is 0 Å². The average Bonchev–Trinajstić information content (AvgIpc) is 3.16. The van der Waals surface area contributed by atoms with Crippen LogP contribution in [0.25, 0.3) is 22.5 Å². The highest BCUT2D eigenvalue weighted by Crippen LogP contribution is 2.56. The van der Waals surface area contributed by atoms with Crippen molar-refractivity contribution in [1.29, 1.82) is 0 Å². The molecule has 0 fully saturated rings. The van der Waals surface area contributed by atoms with Crippen molar-refractivity contribution in [3.8, 4) is 22.5 Å². The molecule has 5 aromatic rings. The maximum absolute atomic E-state index is 4.47. The molecule has 2 heteroatoms. The number of aromatic nitrogens is 2. The molecule has 0 aliphatic heterocycles. The van der Waals surface area contributed by atoms with Crippen LogP contribution in [-0.4, -0.2) is 9.97 Å². The zero-order valence-electron chi connectivity index (χ0n) is 16.9. The van der Waals surface area contributed by atoms with E-state index in [9.17, 15) is 0 Å². The molecule has 1 aromatic heterocycles. The lowest BCUT2D eigenvalue weighted by Gasteiger charge is -2.33. The van der Waals surface area contributed by atoms with Crippen molar-refractivity contribution in [1.82, 2.24) is 9.97 Å². The number of nitrogens with zero attached hydrogens (tertiary/aromatic N) is 2. The van der Waals surface area contributed by atoms with E-state index in [-0.39, 0.29) is 5.41 Å². The summed E-state index contributed by atoms with van der Waals surface area (Å²) in [7, 11) is 0. The molecule has 1 aliphatic carbocycles. The lowest BCUT2D eigenvalue weighted by atomic mass is 9.67. The van der Waals surface area contributed by atoms with E-state index in [1.165, 1.54) is 33.4 Å². The molecule has 4 aromatic carbocycles. The fourth-order valence-electron chi connectivity index (χ4n) is 5.04. The summed E-state index contributed by atoms with van der Waals surface area (Å²) in [5.74, 6) is 0.750. The maximum atomic E-state index is 4.47. The smallest absolute Gasteiger partial charge is 0.159 e. The van der Waals surface area contributed by atoms with Gasteiger partial charge in [0.15, 0.2) is 5.82 Å². The van der Waals surface area contributed by atoms with Crippen LogP contribution in [0.4, 0.5) is 0 Å². The first-order valence-electron chi connectivity index (χ1n) is 10.5. The predicted molar refractivity (Wildman–Crippen MR) is 125 cm³/mol. The van der Waals surface area contributed by atoms with Gasteiger partial charge in [-0.05, 0) is 45.5 Å². The maximum Gasteiger partial charge on any atom is 0.159 e. The Hall–Kier alpha value is -4.04. The average molecular weight is 396 g/mol. The van der Waals surface area contributed by atoms with Crippen molar-refractivity contribution < 1.29 is 0 Å². The van der Waals surface area contributed by atoms with Crippen molar-refractivity contribution in [3.05, 3.63) is 144 Å². The number of benzene rings is 4. The molecule has 31 heavy (non-hydrogen) atoms. The van der Waals surface area contributed by atoms with E-state index in [0.717, 1.165) is 11.4 Å². The van der Waals surface area contributed by atoms with Gasteiger partial charge >= 0.3 is 0 Å². The molecule has 0 N–H and O–H groups in total. The van der Waals surface area contributed by atoms with Gasteiger partial charge in [0.05, 0.1) is 5.41 Å². The molecule has 6 rings (SSSR count). The molecule has 0 amide bonds. The molecule has 0 saturated heterocycles. The number of fused-ring (bicyclic) bond motifs is 3. The molecule has 146 valence electrons. The Morgan fingerprint density at radius 1 is 0.484 bits per heavy atom. The quantitative estimate of drug-likeness (QED) is 0.341. The van der Waals surface area contributed by atoms with Crippen molar-refractivity contribution in [2.45, 2.75) is 5.41 Å². The second kappa shape index (κ2) is 7.03. The fourth-order valence-corrected chi connectivity index (χ4v) is 5.04. The van der Waals surface area contributed by atoms with E-state index in [1.54, 1.807) is 12.4 Å². The van der Waals surface area contributed by atoms with Crippen LogP contribution in [-0.2, 0) is 5.41 Å². The Bertz CT molecular complexity index is 1320. The minimum Gasteiger partial charge on any atom is -0.237 e. The highest BCUT2D eigenvalue weighted by atomic mass is 14.8. The Kier molecular flexibility index (Phi) is 4.03. The Balaban J connectivity index is 1.72. The SMILES string of the molecule is c1ccc(C2(c3ccccc3)c3ccccc3-c3cc(-c4ncccn4)ccc32)cc1. The molecule has 0 atom stereocenters. The van der Waals surface area contributed by atoms with Gasteiger partial charge in [-0.25, -0.2) is 9.97 Å². The molecule has 2 nitrogen and oxygen atoms in total. The normalized spacial score (nSPS) is 13.4. The van der Waals surface area contributed by atoms with E-state index in [0.29, 0.717) is 0 Å². The van der Waals surface area contributed by atoms with Crippen LogP contribution in [0.5, 0.6) is 0 Å². The van der Waals surface area contributed by atoms with Gasteiger partial charge in [-0.15, -0.1) is 0 Å². The summed E-state index contributed by atoms with van der Waals surface area (Å²) >= 11 is 0. The summed E-state index contributed by atoms with van der Waals surface area (Å²) in [4.78, 5) is 8.94. The van der Waals surface area contributed by atoms with Crippen LogP contribution in [0.1, 0.15) is 22.3 Å². The number of hydrogen-bond donors (Lipinski definition) is 0. The summed E-state index contributed by atoms with van der Waals surface area (Å²) in [5, 5.41) is 0. The van der Waals surface area contributed by atoms with E-state index in [2.05, 4.69) is 113 Å². The summed E-state index contributed by atoms with van der Waals surface area (Å²) < 4.78 is 0. The lowest BCUT2D eigenvalue weighted by Crippen LogP contribution is -2.28. The molecule has 0 bridgehead atoms. The zero-order chi connectivity index (χ0) is 20.7. The zero-order valence-corrected chi connectivity index (χ0v) is 16.9. The van der Waals surface area contributed by atoms with Crippen molar-refractivity contribution in [3.63, 3.8) is 0 Å². The monoisotopic (exact) mass is 396 g/mol. The Morgan fingerprint density at radius 2 is 1.06 bits per heavy atom. The Labute approximate surface area is 181 Å². The number of hydrogen-bond acceptors (Lipinski definition) is 2. The molecule has 1 heterocycles. The standard InChI is InChI=1S/C29H20N2/c1-3-10-22(11-4-1)29(23-12-5-2-6-13-23)26-15-8-7-14-24(26)25-20-21(16-17-27(25)29)28-30-18-9-19-31-28/h1-20H. The topological polar surface area (TPSA) is 25.8 Å². The van der Waals surface area contributed by atoms with Gasteiger partial charge in [0.2, 0.25) is 0 Å². The van der Waals surface area contributed by atoms with Crippen LogP contribution in [0, 0.1) is 0 Å². The molecule has 0 saturated carbocycles. The first-order chi connectivity index (χ1) is 15.4. The minimum absolute atomic E-state index is 0.357. The van der Waals surface area contributed by atoms with Crippen LogP contribution in [0.15, 0.2) is 122 Å². The molecule has 0 radical (unpaired) electrons. The highest BCUT2D eigenvalue weighted by Gasteiger charge is 2.45. The van der Waals surface area contributed by atoms with Gasteiger partial charge < -0.3 is 0 Å². The van der Waals surface area contributed by atoms with Crippen molar-refractivity contribution in [2.75, 3.05) is 0 Å². The first-order valence-corrected chi connectivity index (χ1v) is 10.5. The third kappa shape index (κ3) is 2.58. The van der Waals surface area contributed by atoms with E-state index < -0.39 is 0 Å². The third-order valence-corrected chi connectivity index (χ3v) is 6.28. The van der Waals surface area contributed by atoms with Gasteiger partial charge in [-0.1, -0.05) is 97.1 Å². The van der Waals surface area contributed by atoms with Gasteiger partial charge in [0.1, 0.15) is 0 Å². The van der Waals surface area contributed by atoms with Crippen LogP contribution in [0.3, 0.4) is 0 Å². The second-order valence-corrected chi connectivity index (χ2v) is 7.86. The largest absolute Gasteiger partial charge is 0.237 e. The van der Waals surface area contributed by atoms with Gasteiger partial charge in [-0.3, -0.25) is 0 Å². The van der Waals surface area contributed by atoms with E-state index >= 15 is 0 Å². The summed E-state index contributed by atoms with van der Waals surface area (Å²) in [6.07, 6.45) is 3.59. The van der Waals surface area contributed by atoms with Gasteiger partial charge in [0.25, 0.3) is 0 Å². The predicted octanol–water partition coefficient (Wildman–Crippen LogP) is 6.51. The summed E-state index contributed by atoms with van der Waals surface area (Å²) in [6, 6.07) is 39.0. The van der Waals surface area contributed by atoms with Gasteiger partial charge in [-0.2, -0.15) is 0 Å². The lowest BCUT2D eigenvalue weighted by molar-refractivity contribution is 0.768. The van der Waals surface area contributed by atoms with Crippen LogP contribution < -0.4 is 0 Å². The third-order valence-electron chi connectivity index (χ3n) is 6.28. The molecule has 0 spiro atoms. The molecule has 0 unspecified atom stereocenters. The van der Waals surface area contributed by atoms with Gasteiger partial charge in [0, 0.05) is 18.0 Å². The molecular formula is C29H20N2. The van der Waals surface area contributed by atoms with E-state index in [1.807, 2.05) is 6.07 Å². The Morgan fingerprint density at radius 3 is 1.74 bits per heavy atom. The van der Waals surface area contributed by atoms with Crippen molar-refractivity contribution >= 4 is 0 Å². The fraction of sp³-hybridized carbons (Fsp3) is 0.0345. The van der Waals surface area contributed by atoms with Crippen LogP contribution in [0.2, 0.25) is 0 Å². The highest BCUT2D eigenvalue weighted by molar-refractivity contribution is 5.88. The first kappa shape index (κ1) is 17.8.